The molecule has 0 aromatic heterocycles. The van der Waals surface area contributed by atoms with Gasteiger partial charge in [0.25, 0.3) is 0 Å². The van der Waals surface area contributed by atoms with Gasteiger partial charge in [-0.3, -0.25) is 0 Å². The van der Waals surface area contributed by atoms with E-state index in [0.717, 1.165) is 6.07 Å². The second kappa shape index (κ2) is 5.15. The van der Waals surface area contributed by atoms with Crippen LogP contribution in [0.5, 0.6) is 0 Å². The molecule has 1 N–H and O–H groups in total. The second-order valence-corrected chi connectivity index (χ2v) is 4.41. The first-order valence-electron chi connectivity index (χ1n) is 5.02. The van der Waals surface area contributed by atoms with Crippen molar-refractivity contribution in [1.29, 1.82) is 5.26 Å². The zero-order valence-corrected chi connectivity index (χ0v) is 10.6. The number of nitrogens with one attached hydrogen (secondary N) is 1. The van der Waals surface area contributed by atoms with E-state index >= 15 is 0 Å². The van der Waals surface area contributed by atoms with Gasteiger partial charge >= 0.3 is 0 Å². The van der Waals surface area contributed by atoms with Gasteiger partial charge < -0.3 is 5.32 Å². The normalized spacial score (nSPS) is 9.89. The van der Waals surface area contributed by atoms with Crippen molar-refractivity contribution in [3.63, 3.8) is 0 Å². The first-order valence-corrected chi connectivity index (χ1v) is 5.81. The predicted octanol–water partition coefficient (Wildman–Crippen LogP) is 4.34. The minimum absolute atomic E-state index is 0.190. The average Bonchev–Trinajstić information content (AvgIpc) is 2.36. The van der Waals surface area contributed by atoms with Crippen molar-refractivity contribution in [1.82, 2.24) is 0 Å². The van der Waals surface area contributed by atoms with Crippen LogP contribution in [0.15, 0.2) is 40.9 Å². The summed E-state index contributed by atoms with van der Waals surface area (Å²) < 4.78 is 27.2. The molecule has 18 heavy (non-hydrogen) atoms. The molecule has 2 aromatic rings. The number of rotatable bonds is 2. The summed E-state index contributed by atoms with van der Waals surface area (Å²) in [5, 5.41) is 11.4. The quantitative estimate of drug-likeness (QED) is 0.895. The fourth-order valence-electron chi connectivity index (χ4n) is 1.42. The van der Waals surface area contributed by atoms with E-state index in [1.807, 2.05) is 6.07 Å². The molecule has 2 nitrogen and oxygen atoms in total. The molecule has 0 aliphatic heterocycles. The van der Waals surface area contributed by atoms with Gasteiger partial charge in [-0.2, -0.15) is 5.26 Å². The first kappa shape index (κ1) is 12.5. The maximum Gasteiger partial charge on any atom is 0.147 e. The summed E-state index contributed by atoms with van der Waals surface area (Å²) in [6, 6.07) is 10.3. The maximum atomic E-state index is 13.6. The highest BCUT2D eigenvalue weighted by Crippen LogP contribution is 2.24. The fraction of sp³-hybridized carbons (Fsp3) is 0. The summed E-state index contributed by atoms with van der Waals surface area (Å²) in [5.41, 5.74) is 0.857. The molecule has 0 atom stereocenters. The van der Waals surface area contributed by atoms with E-state index in [0.29, 0.717) is 10.2 Å². The standard InChI is InChI=1S/C13H7BrF2N2/c14-10-3-2-9(6-11(10)15)18-13-4-1-8(7-17)5-12(13)16/h1-6,18H. The van der Waals surface area contributed by atoms with E-state index in [-0.39, 0.29) is 11.3 Å². The summed E-state index contributed by atoms with van der Waals surface area (Å²) in [6.45, 7) is 0. The molecule has 2 rings (SSSR count). The van der Waals surface area contributed by atoms with Gasteiger partial charge in [-0.1, -0.05) is 0 Å². The minimum Gasteiger partial charge on any atom is -0.353 e. The second-order valence-electron chi connectivity index (χ2n) is 3.56. The molecule has 0 spiro atoms. The Balaban J connectivity index is 2.29. The van der Waals surface area contributed by atoms with Crippen LogP contribution in [0.3, 0.4) is 0 Å². The van der Waals surface area contributed by atoms with Crippen molar-refractivity contribution in [2.24, 2.45) is 0 Å². The van der Waals surface area contributed by atoms with Crippen LogP contribution >= 0.6 is 15.9 Å². The molecule has 0 heterocycles. The maximum absolute atomic E-state index is 13.6. The summed E-state index contributed by atoms with van der Waals surface area (Å²) in [7, 11) is 0. The number of hydrogen-bond acceptors (Lipinski definition) is 2. The van der Waals surface area contributed by atoms with E-state index in [1.54, 1.807) is 6.07 Å². The molecule has 0 saturated carbocycles. The lowest BCUT2D eigenvalue weighted by Crippen LogP contribution is -1.95. The van der Waals surface area contributed by atoms with Crippen molar-refractivity contribution < 1.29 is 8.78 Å². The predicted molar refractivity (Wildman–Crippen MR) is 68.5 cm³/mol. The Morgan fingerprint density at radius 3 is 2.44 bits per heavy atom. The monoisotopic (exact) mass is 308 g/mol. The topological polar surface area (TPSA) is 35.8 Å². The van der Waals surface area contributed by atoms with Crippen LogP contribution < -0.4 is 5.32 Å². The fourth-order valence-corrected chi connectivity index (χ4v) is 1.66. The van der Waals surface area contributed by atoms with E-state index in [9.17, 15) is 8.78 Å². The number of anilines is 2. The molecular formula is C13H7BrF2N2. The first-order chi connectivity index (χ1) is 8.60. The minimum atomic E-state index is -0.558. The van der Waals surface area contributed by atoms with Crippen molar-refractivity contribution in [2.75, 3.05) is 5.32 Å². The van der Waals surface area contributed by atoms with Crippen LogP contribution in [0.2, 0.25) is 0 Å². The summed E-state index contributed by atoms with van der Waals surface area (Å²) in [5.74, 6) is -0.994. The van der Waals surface area contributed by atoms with Crippen molar-refractivity contribution in [2.45, 2.75) is 0 Å². The molecule has 0 aliphatic carbocycles. The van der Waals surface area contributed by atoms with Gasteiger partial charge in [0.1, 0.15) is 11.6 Å². The smallest absolute Gasteiger partial charge is 0.147 e. The van der Waals surface area contributed by atoms with Crippen molar-refractivity contribution in [3.8, 4) is 6.07 Å². The molecule has 0 radical (unpaired) electrons. The molecule has 0 unspecified atom stereocenters. The Hall–Kier alpha value is -1.93. The lowest BCUT2D eigenvalue weighted by molar-refractivity contribution is 0.621. The number of halogens is 3. The molecule has 0 aliphatic rings. The molecule has 0 amide bonds. The summed E-state index contributed by atoms with van der Waals surface area (Å²) >= 11 is 3.04. The van der Waals surface area contributed by atoms with E-state index in [1.165, 1.54) is 24.3 Å². The Bertz CT molecular complexity index is 635. The lowest BCUT2D eigenvalue weighted by Gasteiger charge is -2.08. The molecular weight excluding hydrogens is 302 g/mol. The SMILES string of the molecule is N#Cc1ccc(Nc2ccc(Br)c(F)c2)c(F)c1. The highest BCUT2D eigenvalue weighted by molar-refractivity contribution is 9.10. The highest BCUT2D eigenvalue weighted by atomic mass is 79.9. The number of nitriles is 1. The van der Waals surface area contributed by atoms with Gasteiger partial charge in [-0.25, -0.2) is 8.78 Å². The van der Waals surface area contributed by atoms with Crippen LogP contribution in [-0.2, 0) is 0 Å². The summed E-state index contributed by atoms with van der Waals surface area (Å²) in [4.78, 5) is 0. The van der Waals surface area contributed by atoms with Gasteiger partial charge in [0, 0.05) is 5.69 Å². The molecule has 90 valence electrons. The van der Waals surface area contributed by atoms with E-state index < -0.39 is 11.6 Å². The molecule has 2 aromatic carbocycles. The van der Waals surface area contributed by atoms with Crippen molar-refractivity contribution in [3.05, 3.63) is 58.1 Å². The third-order valence-electron chi connectivity index (χ3n) is 2.30. The zero-order chi connectivity index (χ0) is 13.1. The molecule has 0 fully saturated rings. The van der Waals surface area contributed by atoms with Crippen LogP contribution in [0.4, 0.5) is 20.2 Å². The van der Waals surface area contributed by atoms with Gasteiger partial charge in [-0.15, -0.1) is 0 Å². The van der Waals surface area contributed by atoms with Gasteiger partial charge in [-0.05, 0) is 52.3 Å². The summed E-state index contributed by atoms with van der Waals surface area (Å²) in [6.07, 6.45) is 0. The zero-order valence-electron chi connectivity index (χ0n) is 9.05. The third-order valence-corrected chi connectivity index (χ3v) is 2.94. The van der Waals surface area contributed by atoms with Crippen LogP contribution in [0.1, 0.15) is 5.56 Å². The molecule has 0 saturated heterocycles. The Morgan fingerprint density at radius 1 is 1.06 bits per heavy atom. The van der Waals surface area contributed by atoms with Gasteiger partial charge in [0.2, 0.25) is 0 Å². The van der Waals surface area contributed by atoms with Crippen LogP contribution in [0, 0.1) is 23.0 Å². The van der Waals surface area contributed by atoms with Crippen molar-refractivity contribution >= 4 is 27.3 Å². The molecule has 0 bridgehead atoms. The van der Waals surface area contributed by atoms with E-state index in [4.69, 9.17) is 5.26 Å². The lowest BCUT2D eigenvalue weighted by atomic mass is 10.2. The molecule has 5 heteroatoms. The third kappa shape index (κ3) is 2.66. The van der Waals surface area contributed by atoms with Crippen LogP contribution in [-0.4, -0.2) is 0 Å². The Kier molecular flexibility index (Phi) is 3.58. The number of nitrogens with zero attached hydrogens (tertiary/aromatic N) is 1. The Labute approximate surface area is 111 Å². The highest BCUT2D eigenvalue weighted by Gasteiger charge is 2.05. The number of hydrogen-bond donors (Lipinski definition) is 1. The van der Waals surface area contributed by atoms with Crippen LogP contribution in [0.25, 0.3) is 0 Å². The number of benzene rings is 2. The van der Waals surface area contributed by atoms with Gasteiger partial charge in [0.15, 0.2) is 0 Å². The van der Waals surface area contributed by atoms with E-state index in [2.05, 4.69) is 21.2 Å². The van der Waals surface area contributed by atoms with Gasteiger partial charge in [0.05, 0.1) is 21.8 Å². The average molecular weight is 309 g/mol. The largest absolute Gasteiger partial charge is 0.353 e. The Morgan fingerprint density at radius 2 is 1.83 bits per heavy atom.